The summed E-state index contributed by atoms with van der Waals surface area (Å²) in [6.45, 7) is 0.0445. The molecule has 96 valence electrons. The normalized spacial score (nSPS) is 17.8. The first-order valence-electron chi connectivity index (χ1n) is 5.00. The summed E-state index contributed by atoms with van der Waals surface area (Å²) >= 11 is 11.1. The number of alkyl halides is 2. The molecule has 0 aliphatic carbocycles. The zero-order chi connectivity index (χ0) is 13.3. The van der Waals surface area contributed by atoms with Crippen LogP contribution in [-0.2, 0) is 16.1 Å². The number of rotatable bonds is 3. The predicted octanol–water partition coefficient (Wildman–Crippen LogP) is 2.31. The van der Waals surface area contributed by atoms with Crippen molar-refractivity contribution in [2.24, 2.45) is 0 Å². The van der Waals surface area contributed by atoms with Gasteiger partial charge in [-0.1, -0.05) is 12.1 Å². The average Bonchev–Trinajstić information content (AvgIpc) is 2.52. The molecule has 1 fully saturated rings. The molecule has 0 saturated carbocycles. The molecule has 7 heteroatoms. The lowest BCUT2D eigenvalue weighted by Gasteiger charge is -2.11. The Morgan fingerprint density at radius 3 is 2.33 bits per heavy atom. The van der Waals surface area contributed by atoms with Gasteiger partial charge in [0.05, 0.1) is 13.7 Å². The van der Waals surface area contributed by atoms with Crippen LogP contribution in [0.25, 0.3) is 0 Å². The van der Waals surface area contributed by atoms with Crippen LogP contribution in [0, 0.1) is 0 Å². The van der Waals surface area contributed by atoms with Gasteiger partial charge in [0.15, 0.2) is 0 Å². The number of imide groups is 1. The van der Waals surface area contributed by atoms with E-state index in [1.54, 1.807) is 31.4 Å². The lowest BCUT2D eigenvalue weighted by atomic mass is 10.2. The van der Waals surface area contributed by atoms with E-state index in [-0.39, 0.29) is 6.54 Å². The molecule has 0 N–H and O–H groups in total. The minimum Gasteiger partial charge on any atom is -0.497 e. The summed E-state index contributed by atoms with van der Waals surface area (Å²) in [5.41, 5.74) is 0.729. The Labute approximate surface area is 113 Å². The van der Waals surface area contributed by atoms with Crippen molar-refractivity contribution in [1.82, 2.24) is 4.90 Å². The van der Waals surface area contributed by atoms with Crippen molar-refractivity contribution in [3.63, 3.8) is 0 Å². The minimum absolute atomic E-state index is 0.0445. The second-order valence-corrected chi connectivity index (χ2v) is 4.88. The van der Waals surface area contributed by atoms with Crippen molar-refractivity contribution in [3.05, 3.63) is 29.8 Å². The van der Waals surface area contributed by atoms with E-state index in [1.165, 1.54) is 0 Å². The van der Waals surface area contributed by atoms with Crippen LogP contribution in [0.3, 0.4) is 0 Å². The summed E-state index contributed by atoms with van der Waals surface area (Å²) in [7, 11) is 1.55. The van der Waals surface area contributed by atoms with Crippen LogP contribution in [-0.4, -0.2) is 28.5 Å². The van der Waals surface area contributed by atoms with Crippen LogP contribution in [0.2, 0.25) is 0 Å². The number of cyclic esters (lactones) is 1. The van der Waals surface area contributed by atoms with Gasteiger partial charge in [-0.25, -0.2) is 9.69 Å². The van der Waals surface area contributed by atoms with E-state index in [2.05, 4.69) is 4.74 Å². The third kappa shape index (κ3) is 2.37. The van der Waals surface area contributed by atoms with E-state index in [0.29, 0.717) is 5.75 Å². The predicted molar refractivity (Wildman–Crippen MR) is 64.5 cm³/mol. The van der Waals surface area contributed by atoms with Crippen molar-refractivity contribution in [3.8, 4) is 5.75 Å². The Kier molecular flexibility index (Phi) is 3.36. The maximum Gasteiger partial charge on any atom is 0.420 e. The number of methoxy groups -OCH3 is 1. The Morgan fingerprint density at radius 2 is 1.89 bits per heavy atom. The molecule has 0 radical (unpaired) electrons. The Bertz CT molecular complexity index is 486. The number of ether oxygens (including phenoxy) is 2. The number of halogens is 2. The fourth-order valence-corrected chi connectivity index (χ4v) is 1.83. The number of carbonyl (C=O) groups is 2. The summed E-state index contributed by atoms with van der Waals surface area (Å²) in [5, 5.41) is 0. The maximum atomic E-state index is 11.7. The van der Waals surface area contributed by atoms with Crippen molar-refractivity contribution in [1.29, 1.82) is 0 Å². The zero-order valence-electron chi connectivity index (χ0n) is 9.35. The molecule has 1 aliphatic rings. The summed E-state index contributed by atoms with van der Waals surface area (Å²) in [4.78, 5) is 23.9. The summed E-state index contributed by atoms with van der Waals surface area (Å²) in [6, 6.07) is 6.88. The third-order valence-electron chi connectivity index (χ3n) is 2.43. The van der Waals surface area contributed by atoms with E-state index in [0.717, 1.165) is 10.5 Å². The van der Waals surface area contributed by atoms with Gasteiger partial charge in [-0.05, 0) is 40.9 Å². The van der Waals surface area contributed by atoms with Crippen LogP contribution < -0.4 is 4.74 Å². The topological polar surface area (TPSA) is 55.8 Å². The standard InChI is InChI=1S/C11H9Cl2NO4/c1-17-8-4-2-7(3-5-8)6-14-9(15)11(12,13)18-10(14)16/h2-5H,6H2,1H3. The molecule has 2 amide bonds. The number of hydrogen-bond donors (Lipinski definition) is 0. The molecule has 0 aromatic heterocycles. The molecule has 0 spiro atoms. The average molecular weight is 290 g/mol. The van der Waals surface area contributed by atoms with Crippen molar-refractivity contribution >= 4 is 35.2 Å². The molecule has 1 aromatic carbocycles. The second kappa shape index (κ2) is 4.66. The van der Waals surface area contributed by atoms with Gasteiger partial charge in [-0.15, -0.1) is 0 Å². The van der Waals surface area contributed by atoms with E-state index in [9.17, 15) is 9.59 Å². The molecular weight excluding hydrogens is 281 g/mol. The van der Waals surface area contributed by atoms with Crippen molar-refractivity contribution in [2.75, 3.05) is 7.11 Å². The van der Waals surface area contributed by atoms with Gasteiger partial charge in [0.1, 0.15) is 5.75 Å². The molecule has 0 unspecified atom stereocenters. The van der Waals surface area contributed by atoms with E-state index in [1.807, 2.05) is 0 Å². The monoisotopic (exact) mass is 289 g/mol. The first kappa shape index (κ1) is 13.0. The van der Waals surface area contributed by atoms with Gasteiger partial charge in [0.25, 0.3) is 0 Å². The van der Waals surface area contributed by atoms with E-state index < -0.39 is 16.5 Å². The van der Waals surface area contributed by atoms with Gasteiger partial charge in [0.2, 0.25) is 0 Å². The van der Waals surface area contributed by atoms with E-state index in [4.69, 9.17) is 27.9 Å². The number of amides is 2. The fraction of sp³-hybridized carbons (Fsp3) is 0.273. The molecule has 5 nitrogen and oxygen atoms in total. The minimum atomic E-state index is -2.12. The Balaban J connectivity index is 2.14. The smallest absolute Gasteiger partial charge is 0.420 e. The van der Waals surface area contributed by atoms with Crippen LogP contribution in [0.15, 0.2) is 24.3 Å². The summed E-state index contributed by atoms with van der Waals surface area (Å²) < 4.78 is 7.41. The molecule has 1 saturated heterocycles. The number of hydrogen-bond acceptors (Lipinski definition) is 4. The van der Waals surface area contributed by atoms with Gasteiger partial charge >= 0.3 is 16.5 Å². The second-order valence-electron chi connectivity index (χ2n) is 3.62. The van der Waals surface area contributed by atoms with E-state index >= 15 is 0 Å². The fourth-order valence-electron chi connectivity index (χ4n) is 1.50. The highest BCUT2D eigenvalue weighted by atomic mass is 35.5. The SMILES string of the molecule is COc1ccc(CN2C(=O)OC(Cl)(Cl)C2=O)cc1. The Hall–Kier alpha value is -1.46. The molecular formula is C11H9Cl2NO4. The molecule has 1 heterocycles. The summed E-state index contributed by atoms with van der Waals surface area (Å²) in [5.74, 6) is -0.107. The van der Waals surface area contributed by atoms with Crippen molar-refractivity contribution < 1.29 is 19.1 Å². The van der Waals surface area contributed by atoms with Crippen LogP contribution in [0.5, 0.6) is 5.75 Å². The van der Waals surface area contributed by atoms with Gasteiger partial charge < -0.3 is 9.47 Å². The molecule has 18 heavy (non-hydrogen) atoms. The lowest BCUT2D eigenvalue weighted by Crippen LogP contribution is -2.32. The first-order chi connectivity index (χ1) is 8.44. The van der Waals surface area contributed by atoms with Gasteiger partial charge in [-0.2, -0.15) is 0 Å². The van der Waals surface area contributed by atoms with Crippen molar-refractivity contribution in [2.45, 2.75) is 11.1 Å². The highest BCUT2D eigenvalue weighted by molar-refractivity contribution is 6.58. The largest absolute Gasteiger partial charge is 0.497 e. The van der Waals surface area contributed by atoms with Crippen LogP contribution >= 0.6 is 23.2 Å². The van der Waals surface area contributed by atoms with Crippen LogP contribution in [0.1, 0.15) is 5.56 Å². The number of nitrogens with zero attached hydrogens (tertiary/aromatic N) is 1. The molecule has 0 atom stereocenters. The lowest BCUT2D eigenvalue weighted by molar-refractivity contribution is -0.129. The zero-order valence-corrected chi connectivity index (χ0v) is 10.9. The molecule has 1 aromatic rings. The summed E-state index contributed by atoms with van der Waals surface area (Å²) in [6.07, 6.45) is -0.860. The molecule has 0 bridgehead atoms. The van der Waals surface area contributed by atoms with Gasteiger partial charge in [0, 0.05) is 0 Å². The highest BCUT2D eigenvalue weighted by Gasteiger charge is 2.51. The number of carbonyl (C=O) groups excluding carboxylic acids is 2. The molecule has 2 rings (SSSR count). The maximum absolute atomic E-state index is 11.7. The van der Waals surface area contributed by atoms with Crippen LogP contribution in [0.4, 0.5) is 4.79 Å². The molecule has 1 aliphatic heterocycles. The third-order valence-corrected chi connectivity index (χ3v) is 2.91. The first-order valence-corrected chi connectivity index (χ1v) is 5.75. The van der Waals surface area contributed by atoms with Gasteiger partial charge in [-0.3, -0.25) is 4.79 Å². The number of benzene rings is 1. The quantitative estimate of drug-likeness (QED) is 0.802. The highest BCUT2D eigenvalue weighted by Crippen LogP contribution is 2.33. The Morgan fingerprint density at radius 1 is 1.28 bits per heavy atom.